The van der Waals surface area contributed by atoms with Gasteiger partial charge in [0.05, 0.1) is 0 Å². The van der Waals surface area contributed by atoms with E-state index in [4.69, 9.17) is 10.5 Å². The van der Waals surface area contributed by atoms with Gasteiger partial charge in [-0.2, -0.15) is 0 Å². The topological polar surface area (TPSA) is 127 Å². The monoisotopic (exact) mass is 399 g/mol. The zero-order valence-electron chi connectivity index (χ0n) is 16.8. The average molecular weight is 399 g/mol. The van der Waals surface area contributed by atoms with Gasteiger partial charge in [-0.05, 0) is 38.8 Å². The van der Waals surface area contributed by atoms with Crippen molar-refractivity contribution < 1.29 is 29.3 Å². The minimum absolute atomic E-state index is 0.310. The third kappa shape index (κ3) is 5.49. The van der Waals surface area contributed by atoms with Gasteiger partial charge in [-0.15, -0.1) is 0 Å². The molecule has 2 aromatic rings. The van der Waals surface area contributed by atoms with Gasteiger partial charge in [0.2, 0.25) is 0 Å². The van der Waals surface area contributed by atoms with Gasteiger partial charge in [-0.3, -0.25) is 9.59 Å². The van der Waals surface area contributed by atoms with Crippen molar-refractivity contribution in [3.05, 3.63) is 70.8 Å². The minimum Gasteiger partial charge on any atom is -0.437 e. The molecule has 0 aliphatic carbocycles. The number of benzene rings is 2. The summed E-state index contributed by atoms with van der Waals surface area (Å²) in [7, 11) is 0. The quantitative estimate of drug-likeness (QED) is 0.615. The zero-order valence-corrected chi connectivity index (χ0v) is 16.8. The summed E-state index contributed by atoms with van der Waals surface area (Å²) < 4.78 is 5.23. The first-order chi connectivity index (χ1) is 13.3. The lowest BCUT2D eigenvalue weighted by atomic mass is 9.92. The number of nitrogens with two attached hydrogens (primary N) is 1. The van der Waals surface area contributed by atoms with Crippen LogP contribution < -0.4 is 5.73 Å². The van der Waals surface area contributed by atoms with Crippen molar-refractivity contribution in [2.75, 3.05) is 0 Å². The predicted octanol–water partition coefficient (Wildman–Crippen LogP) is 2.78. The first kappa shape index (κ1) is 22.3. The number of ketones is 2. The highest BCUT2D eigenvalue weighted by molar-refractivity contribution is 6.02. The van der Waals surface area contributed by atoms with Crippen LogP contribution >= 0.6 is 0 Å². The summed E-state index contributed by atoms with van der Waals surface area (Å²) in [6.07, 6.45) is -1.84. The van der Waals surface area contributed by atoms with E-state index in [-0.39, 0.29) is 0 Å². The first-order valence-electron chi connectivity index (χ1n) is 9.01. The maximum absolute atomic E-state index is 12.2. The van der Waals surface area contributed by atoms with Crippen molar-refractivity contribution in [2.45, 2.75) is 45.0 Å². The molecule has 0 fully saturated rings. The van der Waals surface area contributed by atoms with E-state index in [1.165, 1.54) is 52.0 Å². The summed E-state index contributed by atoms with van der Waals surface area (Å²) in [5.74, 6) is -0.878. The number of hydrogen-bond acceptors (Lipinski definition) is 6. The van der Waals surface area contributed by atoms with E-state index < -0.39 is 35.0 Å². The minimum atomic E-state index is -1.51. The molecule has 0 saturated heterocycles. The van der Waals surface area contributed by atoms with Gasteiger partial charge >= 0.3 is 6.09 Å². The number of rotatable bonds is 7. The second kappa shape index (κ2) is 8.14. The van der Waals surface area contributed by atoms with Gasteiger partial charge in [0.1, 0.15) is 11.2 Å². The van der Waals surface area contributed by atoms with E-state index >= 15 is 0 Å². The molecule has 0 saturated carbocycles. The van der Waals surface area contributed by atoms with Crippen molar-refractivity contribution in [2.24, 2.45) is 5.73 Å². The molecule has 0 radical (unpaired) electrons. The fraction of sp³-hybridized carbons (Fsp3) is 0.318. The Balaban J connectivity index is 2.36. The van der Waals surface area contributed by atoms with Crippen LogP contribution in [0.1, 0.15) is 65.6 Å². The van der Waals surface area contributed by atoms with Crippen LogP contribution in [0.15, 0.2) is 48.5 Å². The average Bonchev–Trinajstić information content (AvgIpc) is 2.63. The number of primary amides is 1. The SMILES string of the molecule is CC(C)(O)C(=O)c1ccc(C(OC(N)=O)c2ccc(C(=O)C(C)(C)O)cc2)cc1. The van der Waals surface area contributed by atoms with Crippen LogP contribution in [0, 0.1) is 0 Å². The van der Waals surface area contributed by atoms with E-state index in [1.54, 1.807) is 24.3 Å². The molecule has 0 aliphatic heterocycles. The fourth-order valence-electron chi connectivity index (χ4n) is 2.77. The molecule has 1 amide bonds. The van der Waals surface area contributed by atoms with Crippen molar-refractivity contribution in [3.63, 3.8) is 0 Å². The van der Waals surface area contributed by atoms with Crippen LogP contribution in [0.2, 0.25) is 0 Å². The van der Waals surface area contributed by atoms with Crippen molar-refractivity contribution in [1.82, 2.24) is 0 Å². The highest BCUT2D eigenvalue weighted by Gasteiger charge is 2.27. The van der Waals surface area contributed by atoms with Gasteiger partial charge in [0, 0.05) is 11.1 Å². The van der Waals surface area contributed by atoms with E-state index in [9.17, 15) is 24.6 Å². The second-order valence-electron chi connectivity index (χ2n) is 7.84. The predicted molar refractivity (Wildman–Crippen MR) is 107 cm³/mol. The molecule has 0 spiro atoms. The molecule has 0 heterocycles. The molecule has 154 valence electrons. The Morgan fingerprint density at radius 1 is 0.759 bits per heavy atom. The van der Waals surface area contributed by atoms with E-state index in [1.807, 2.05) is 0 Å². The largest absolute Gasteiger partial charge is 0.437 e. The van der Waals surface area contributed by atoms with E-state index in [0.717, 1.165) is 0 Å². The van der Waals surface area contributed by atoms with Crippen molar-refractivity contribution >= 4 is 17.7 Å². The van der Waals surface area contributed by atoms with Crippen molar-refractivity contribution in [3.8, 4) is 0 Å². The number of hydrogen-bond donors (Lipinski definition) is 3. The van der Waals surface area contributed by atoms with Crippen molar-refractivity contribution in [1.29, 1.82) is 0 Å². The summed E-state index contributed by atoms with van der Waals surface area (Å²) in [6, 6.07) is 12.5. The zero-order chi connectivity index (χ0) is 22.0. The Labute approximate surface area is 169 Å². The number of carbonyl (C=O) groups is 3. The molecule has 7 heteroatoms. The lowest BCUT2D eigenvalue weighted by Crippen LogP contribution is -2.31. The standard InChI is InChI=1S/C22H25NO6/c1-21(2,27)18(24)15-9-5-13(6-10-15)17(29-20(23)26)14-7-11-16(12-8-14)19(25)22(3,4)28/h5-12,17,27-28H,1-4H3,(H2,23,26). The molecule has 7 nitrogen and oxygen atoms in total. The number of amides is 1. The molecule has 2 rings (SSSR count). The summed E-state index contributed by atoms with van der Waals surface area (Å²) in [5.41, 5.74) is 3.92. The van der Waals surface area contributed by atoms with Crippen LogP contribution in [-0.4, -0.2) is 39.1 Å². The third-order valence-corrected chi connectivity index (χ3v) is 4.30. The fourth-order valence-corrected chi connectivity index (χ4v) is 2.77. The Hall–Kier alpha value is -3.03. The first-order valence-corrected chi connectivity index (χ1v) is 9.01. The van der Waals surface area contributed by atoms with Crippen LogP contribution in [0.4, 0.5) is 4.79 Å². The van der Waals surface area contributed by atoms with Crippen LogP contribution in [-0.2, 0) is 4.74 Å². The van der Waals surface area contributed by atoms with E-state index in [2.05, 4.69) is 0 Å². The molecule has 0 aliphatic rings. The summed E-state index contributed by atoms with van der Waals surface area (Å²) in [4.78, 5) is 35.7. The smallest absolute Gasteiger partial charge is 0.405 e. The van der Waals surface area contributed by atoms with Crippen LogP contribution in [0.5, 0.6) is 0 Å². The molecule has 0 bridgehead atoms. The Bertz CT molecular complexity index is 833. The molecular formula is C22H25NO6. The molecule has 29 heavy (non-hydrogen) atoms. The lowest BCUT2D eigenvalue weighted by molar-refractivity contribution is 0.0487. The Morgan fingerprint density at radius 2 is 1.07 bits per heavy atom. The van der Waals surface area contributed by atoms with E-state index in [0.29, 0.717) is 22.3 Å². The number of ether oxygens (including phenoxy) is 1. The maximum atomic E-state index is 12.2. The van der Waals surface area contributed by atoms with Gasteiger partial charge in [0.25, 0.3) is 0 Å². The maximum Gasteiger partial charge on any atom is 0.405 e. The highest BCUT2D eigenvalue weighted by atomic mass is 16.6. The van der Waals surface area contributed by atoms with Crippen LogP contribution in [0.25, 0.3) is 0 Å². The summed E-state index contributed by atoms with van der Waals surface area (Å²) in [6.45, 7) is 5.61. The molecule has 0 atom stereocenters. The van der Waals surface area contributed by atoms with Gasteiger partial charge in [0.15, 0.2) is 17.7 Å². The Morgan fingerprint density at radius 3 is 1.31 bits per heavy atom. The van der Waals surface area contributed by atoms with Gasteiger partial charge in [-0.25, -0.2) is 4.79 Å². The van der Waals surface area contributed by atoms with Gasteiger partial charge < -0.3 is 20.7 Å². The Kier molecular flexibility index (Phi) is 6.25. The highest BCUT2D eigenvalue weighted by Crippen LogP contribution is 2.28. The number of Topliss-reactive ketones (excluding diaryl/α,β-unsaturated/α-hetero) is 2. The molecule has 0 unspecified atom stereocenters. The summed E-state index contributed by atoms with van der Waals surface area (Å²) >= 11 is 0. The molecular weight excluding hydrogens is 374 g/mol. The number of carbonyl (C=O) groups excluding carboxylic acids is 3. The molecule has 2 aromatic carbocycles. The number of aliphatic hydroxyl groups is 2. The van der Waals surface area contributed by atoms with Crippen LogP contribution in [0.3, 0.4) is 0 Å². The molecule has 4 N–H and O–H groups in total. The lowest BCUT2D eigenvalue weighted by Gasteiger charge is -2.20. The normalized spacial score (nSPS) is 12.0. The molecule has 0 aromatic heterocycles. The third-order valence-electron chi connectivity index (χ3n) is 4.30. The van der Waals surface area contributed by atoms with Gasteiger partial charge in [-0.1, -0.05) is 48.5 Å². The second-order valence-corrected chi connectivity index (χ2v) is 7.84. The summed E-state index contributed by atoms with van der Waals surface area (Å²) in [5, 5.41) is 19.7.